The Kier molecular flexibility index (Phi) is 5.59. The molecule has 0 aromatic heterocycles. The summed E-state index contributed by atoms with van der Waals surface area (Å²) < 4.78 is 25.3. The minimum atomic E-state index is -1.73. The Morgan fingerprint density at radius 2 is 1.79 bits per heavy atom. The number of hydrogen-bond donors (Lipinski definition) is 0. The van der Waals surface area contributed by atoms with E-state index in [1.165, 1.54) is 12.1 Å². The molecule has 1 rings (SSSR count). The fourth-order valence-electron chi connectivity index (χ4n) is 1.28. The number of rotatable bonds is 5. The largest absolute Gasteiger partial charge is 0.491 e. The van der Waals surface area contributed by atoms with Crippen LogP contribution in [0.5, 0.6) is 5.75 Å². The third kappa shape index (κ3) is 5.24. The molecule has 0 aliphatic heterocycles. The second-order valence-electron chi connectivity index (χ2n) is 6.06. The zero-order valence-electron chi connectivity index (χ0n) is 12.2. The van der Waals surface area contributed by atoms with Gasteiger partial charge in [-0.25, -0.2) is 4.39 Å². The molecule has 0 amide bonds. The van der Waals surface area contributed by atoms with Crippen LogP contribution in [0.25, 0.3) is 0 Å². The Bertz CT molecular complexity index is 410. The summed E-state index contributed by atoms with van der Waals surface area (Å²) in [5, 5.41) is 0.189. The normalized spacial score (nSPS) is 12.6. The van der Waals surface area contributed by atoms with E-state index in [4.69, 9.17) is 9.16 Å². The molecule has 0 radical (unpaired) electrons. The lowest BCUT2D eigenvalue weighted by Crippen LogP contribution is -2.41. The minimum absolute atomic E-state index is 0.189. The molecular weight excluding hydrogens is 327 g/mol. The summed E-state index contributed by atoms with van der Waals surface area (Å²) in [5.41, 5.74) is 0. The Labute approximate surface area is 124 Å². The highest BCUT2D eigenvalue weighted by atomic mass is 79.9. The first-order valence-corrected chi connectivity index (χ1v) is 10.0. The highest BCUT2D eigenvalue weighted by molar-refractivity contribution is 9.10. The first kappa shape index (κ1) is 16.7. The van der Waals surface area contributed by atoms with Gasteiger partial charge in [0, 0.05) is 10.5 Å². The van der Waals surface area contributed by atoms with Crippen molar-refractivity contribution in [3.05, 3.63) is 28.5 Å². The molecule has 1 aromatic carbocycles. The average molecular weight is 349 g/mol. The van der Waals surface area contributed by atoms with Crippen LogP contribution in [-0.4, -0.2) is 21.5 Å². The van der Waals surface area contributed by atoms with Crippen LogP contribution in [0.1, 0.15) is 20.8 Å². The van der Waals surface area contributed by atoms with Crippen molar-refractivity contribution < 1.29 is 13.6 Å². The van der Waals surface area contributed by atoms with E-state index in [2.05, 4.69) is 49.8 Å². The summed E-state index contributed by atoms with van der Waals surface area (Å²) in [7, 11) is -1.73. The molecular formula is C14H22BrFO2Si. The van der Waals surface area contributed by atoms with Gasteiger partial charge < -0.3 is 9.16 Å². The monoisotopic (exact) mass is 348 g/mol. The van der Waals surface area contributed by atoms with Gasteiger partial charge in [-0.15, -0.1) is 0 Å². The fraction of sp³-hybridized carbons (Fsp3) is 0.571. The number of halogens is 2. The molecule has 0 saturated carbocycles. The Balaban J connectivity index is 2.43. The molecule has 0 fully saturated rings. The molecule has 19 heavy (non-hydrogen) atoms. The summed E-state index contributed by atoms with van der Waals surface area (Å²) in [5.74, 6) is 0.209. The summed E-state index contributed by atoms with van der Waals surface area (Å²) >= 11 is 3.24. The molecule has 5 heteroatoms. The second kappa shape index (κ2) is 6.37. The van der Waals surface area contributed by atoms with Gasteiger partial charge in [-0.05, 0) is 30.3 Å². The van der Waals surface area contributed by atoms with Gasteiger partial charge >= 0.3 is 0 Å². The van der Waals surface area contributed by atoms with Crippen molar-refractivity contribution in [1.29, 1.82) is 0 Å². The molecule has 0 unspecified atom stereocenters. The molecule has 0 aliphatic rings. The van der Waals surface area contributed by atoms with E-state index in [0.717, 1.165) is 0 Å². The van der Waals surface area contributed by atoms with E-state index < -0.39 is 8.32 Å². The van der Waals surface area contributed by atoms with Crippen molar-refractivity contribution in [2.24, 2.45) is 0 Å². The molecule has 2 nitrogen and oxygen atoms in total. The maximum absolute atomic E-state index is 13.1. The first-order chi connectivity index (χ1) is 8.62. The lowest BCUT2D eigenvalue weighted by molar-refractivity contribution is 0.203. The van der Waals surface area contributed by atoms with Gasteiger partial charge in [-0.3, -0.25) is 0 Å². The summed E-state index contributed by atoms with van der Waals surface area (Å²) in [4.78, 5) is 0. The van der Waals surface area contributed by atoms with Gasteiger partial charge in [0.15, 0.2) is 8.32 Å². The number of benzene rings is 1. The van der Waals surface area contributed by atoms with E-state index in [1.807, 2.05) is 0 Å². The maximum Gasteiger partial charge on any atom is 0.192 e. The Morgan fingerprint density at radius 1 is 1.16 bits per heavy atom. The minimum Gasteiger partial charge on any atom is -0.491 e. The SMILES string of the molecule is CC(C)(C)[Si](C)(C)OCCOc1cc(F)cc(Br)c1. The highest BCUT2D eigenvalue weighted by Gasteiger charge is 2.36. The predicted octanol–water partition coefficient (Wildman–Crippen LogP) is 4.99. The number of hydrogen-bond acceptors (Lipinski definition) is 2. The van der Waals surface area contributed by atoms with Crippen LogP contribution in [-0.2, 0) is 4.43 Å². The molecule has 0 N–H and O–H groups in total. The molecule has 0 atom stereocenters. The van der Waals surface area contributed by atoms with Crippen LogP contribution < -0.4 is 4.74 Å². The quantitative estimate of drug-likeness (QED) is 0.551. The summed E-state index contributed by atoms with van der Waals surface area (Å²) in [6.07, 6.45) is 0. The van der Waals surface area contributed by atoms with Crippen molar-refractivity contribution in [3.8, 4) is 5.75 Å². The molecule has 0 bridgehead atoms. The van der Waals surface area contributed by atoms with Crippen LogP contribution in [0.3, 0.4) is 0 Å². The van der Waals surface area contributed by atoms with Crippen molar-refractivity contribution in [2.75, 3.05) is 13.2 Å². The van der Waals surface area contributed by atoms with Crippen LogP contribution in [0.4, 0.5) is 4.39 Å². The van der Waals surface area contributed by atoms with Gasteiger partial charge in [0.2, 0.25) is 0 Å². The van der Waals surface area contributed by atoms with Crippen molar-refractivity contribution in [3.63, 3.8) is 0 Å². The van der Waals surface area contributed by atoms with Gasteiger partial charge in [0.05, 0.1) is 6.61 Å². The topological polar surface area (TPSA) is 18.5 Å². The zero-order chi connectivity index (χ0) is 14.7. The lowest BCUT2D eigenvalue weighted by Gasteiger charge is -2.36. The molecule has 0 aliphatic carbocycles. The highest BCUT2D eigenvalue weighted by Crippen LogP contribution is 2.36. The zero-order valence-corrected chi connectivity index (χ0v) is 14.8. The Hall–Kier alpha value is -0.393. The Morgan fingerprint density at radius 3 is 2.32 bits per heavy atom. The van der Waals surface area contributed by atoms with Crippen LogP contribution in [0, 0.1) is 5.82 Å². The van der Waals surface area contributed by atoms with E-state index in [1.54, 1.807) is 6.07 Å². The second-order valence-corrected chi connectivity index (χ2v) is 11.8. The molecule has 1 aromatic rings. The van der Waals surface area contributed by atoms with E-state index >= 15 is 0 Å². The van der Waals surface area contributed by atoms with Gasteiger partial charge in [-0.1, -0.05) is 36.7 Å². The van der Waals surface area contributed by atoms with Crippen LogP contribution in [0.15, 0.2) is 22.7 Å². The average Bonchev–Trinajstić information content (AvgIpc) is 2.21. The molecule has 0 heterocycles. The van der Waals surface area contributed by atoms with Crippen molar-refractivity contribution >= 4 is 24.2 Å². The van der Waals surface area contributed by atoms with Crippen molar-refractivity contribution in [1.82, 2.24) is 0 Å². The van der Waals surface area contributed by atoms with Gasteiger partial charge in [0.1, 0.15) is 18.2 Å². The van der Waals surface area contributed by atoms with Gasteiger partial charge in [0.25, 0.3) is 0 Å². The molecule has 0 spiro atoms. The summed E-state index contributed by atoms with van der Waals surface area (Å²) in [6, 6.07) is 4.52. The first-order valence-electron chi connectivity index (χ1n) is 6.35. The lowest BCUT2D eigenvalue weighted by atomic mass is 10.2. The van der Waals surface area contributed by atoms with Crippen LogP contribution in [0.2, 0.25) is 18.1 Å². The van der Waals surface area contributed by atoms with Crippen molar-refractivity contribution in [2.45, 2.75) is 38.9 Å². The van der Waals surface area contributed by atoms with E-state index in [9.17, 15) is 4.39 Å². The third-order valence-corrected chi connectivity index (χ3v) is 8.45. The van der Waals surface area contributed by atoms with E-state index in [0.29, 0.717) is 23.4 Å². The predicted molar refractivity (Wildman–Crippen MR) is 82.7 cm³/mol. The number of ether oxygens (including phenoxy) is 1. The maximum atomic E-state index is 13.1. The molecule has 0 saturated heterocycles. The standard InChI is InChI=1S/C14H22BrFO2Si/c1-14(2,3)19(4,5)18-7-6-17-13-9-11(15)8-12(16)10-13/h8-10H,6-7H2,1-5H3. The fourth-order valence-corrected chi connectivity index (χ4v) is 2.76. The summed E-state index contributed by atoms with van der Waals surface area (Å²) in [6.45, 7) is 12.0. The third-order valence-electron chi connectivity index (χ3n) is 3.46. The van der Waals surface area contributed by atoms with Crippen LogP contribution >= 0.6 is 15.9 Å². The molecule has 108 valence electrons. The smallest absolute Gasteiger partial charge is 0.192 e. The van der Waals surface area contributed by atoms with E-state index in [-0.39, 0.29) is 10.9 Å². The van der Waals surface area contributed by atoms with Gasteiger partial charge in [-0.2, -0.15) is 0 Å².